The molecule has 0 aromatic carbocycles. The second-order valence-corrected chi connectivity index (χ2v) is 2.66. The molecular weight excluding hydrogens is 173 g/mol. The zero-order valence-corrected chi connectivity index (χ0v) is 7.50. The van der Waals surface area contributed by atoms with Gasteiger partial charge in [0.2, 0.25) is 5.88 Å². The number of hydrogen-bond donors (Lipinski definition) is 0. The smallest absolute Gasteiger partial charge is 0.213 e. The summed E-state index contributed by atoms with van der Waals surface area (Å²) < 4.78 is 17.8. The summed E-state index contributed by atoms with van der Waals surface area (Å²) in [6.07, 6.45) is 0.00301. The van der Waals surface area contributed by atoms with Crippen LogP contribution in [0.1, 0.15) is 12.6 Å². The molecular formula is C9H10FNO2. The number of pyridine rings is 1. The average molecular weight is 183 g/mol. The molecule has 3 nitrogen and oxygen atoms in total. The lowest BCUT2D eigenvalue weighted by molar-refractivity contribution is -0.116. The highest BCUT2D eigenvalue weighted by atomic mass is 19.1. The lowest BCUT2D eigenvalue weighted by Crippen LogP contribution is -2.03. The molecule has 0 aliphatic carbocycles. The maximum Gasteiger partial charge on any atom is 0.213 e. The number of halogens is 1. The van der Waals surface area contributed by atoms with Crippen molar-refractivity contribution in [2.45, 2.75) is 13.3 Å². The highest BCUT2D eigenvalue weighted by Crippen LogP contribution is 2.11. The summed E-state index contributed by atoms with van der Waals surface area (Å²) in [5.41, 5.74) is 0.131. The molecule has 0 bridgehead atoms. The number of aromatic nitrogens is 1. The standard InChI is InChI=1S/C9H10FNO2/c1-6(12)5-8-7(10)3-4-9(11-8)13-2/h3-4H,5H2,1-2H3. The quantitative estimate of drug-likeness (QED) is 0.710. The van der Waals surface area contributed by atoms with E-state index in [0.29, 0.717) is 5.88 Å². The molecule has 1 aromatic heterocycles. The van der Waals surface area contributed by atoms with E-state index in [1.54, 1.807) is 0 Å². The lowest BCUT2D eigenvalue weighted by Gasteiger charge is -2.02. The van der Waals surface area contributed by atoms with Gasteiger partial charge in [-0.3, -0.25) is 4.79 Å². The highest BCUT2D eigenvalue weighted by Gasteiger charge is 2.07. The van der Waals surface area contributed by atoms with E-state index in [2.05, 4.69) is 4.98 Å². The van der Waals surface area contributed by atoms with Crippen molar-refractivity contribution in [1.29, 1.82) is 0 Å². The Hall–Kier alpha value is -1.45. The first kappa shape index (κ1) is 9.64. The molecule has 0 spiro atoms. The Labute approximate surface area is 75.6 Å². The van der Waals surface area contributed by atoms with Crippen LogP contribution in [0.4, 0.5) is 4.39 Å². The van der Waals surface area contributed by atoms with Gasteiger partial charge in [0.1, 0.15) is 11.6 Å². The SMILES string of the molecule is COc1ccc(F)c(CC(C)=O)n1. The molecule has 0 atom stereocenters. The van der Waals surface area contributed by atoms with Crippen molar-refractivity contribution < 1.29 is 13.9 Å². The van der Waals surface area contributed by atoms with Gasteiger partial charge in [-0.15, -0.1) is 0 Å². The molecule has 0 amide bonds. The van der Waals surface area contributed by atoms with E-state index in [4.69, 9.17) is 4.74 Å². The Morgan fingerprint density at radius 2 is 2.31 bits per heavy atom. The van der Waals surface area contributed by atoms with E-state index in [9.17, 15) is 9.18 Å². The minimum absolute atomic E-state index is 0.00301. The molecule has 70 valence electrons. The van der Waals surface area contributed by atoms with Gasteiger partial charge < -0.3 is 4.74 Å². The van der Waals surface area contributed by atoms with Crippen LogP contribution in [0.25, 0.3) is 0 Å². The molecule has 0 radical (unpaired) electrons. The maximum absolute atomic E-state index is 13.0. The van der Waals surface area contributed by atoms with Gasteiger partial charge in [-0.25, -0.2) is 9.37 Å². The van der Waals surface area contributed by atoms with Gasteiger partial charge in [0.15, 0.2) is 0 Å². The molecule has 0 fully saturated rings. The van der Waals surface area contributed by atoms with Crippen LogP contribution in [0.15, 0.2) is 12.1 Å². The third kappa shape index (κ3) is 2.50. The maximum atomic E-state index is 13.0. The number of ketones is 1. The number of ether oxygens (including phenoxy) is 1. The first-order valence-electron chi connectivity index (χ1n) is 3.82. The fraction of sp³-hybridized carbons (Fsp3) is 0.333. The van der Waals surface area contributed by atoms with Crippen molar-refractivity contribution in [3.8, 4) is 5.88 Å². The van der Waals surface area contributed by atoms with Crippen LogP contribution in [0, 0.1) is 5.82 Å². The predicted molar refractivity (Wildman–Crippen MR) is 45.1 cm³/mol. The Morgan fingerprint density at radius 1 is 1.62 bits per heavy atom. The topological polar surface area (TPSA) is 39.2 Å². The number of Topliss-reactive ketones (excluding diaryl/α,β-unsaturated/α-hetero) is 1. The van der Waals surface area contributed by atoms with Crippen molar-refractivity contribution in [3.05, 3.63) is 23.6 Å². The summed E-state index contributed by atoms with van der Waals surface area (Å²) in [6, 6.07) is 2.66. The van der Waals surface area contributed by atoms with Crippen LogP contribution >= 0.6 is 0 Å². The van der Waals surface area contributed by atoms with Crippen LogP contribution < -0.4 is 4.74 Å². The van der Waals surface area contributed by atoms with Crippen molar-refractivity contribution >= 4 is 5.78 Å². The van der Waals surface area contributed by atoms with E-state index in [-0.39, 0.29) is 17.9 Å². The van der Waals surface area contributed by atoms with Crippen LogP contribution in [-0.4, -0.2) is 17.9 Å². The number of hydrogen-bond acceptors (Lipinski definition) is 3. The third-order valence-corrected chi connectivity index (χ3v) is 1.52. The van der Waals surface area contributed by atoms with Gasteiger partial charge in [-0.1, -0.05) is 0 Å². The van der Waals surface area contributed by atoms with Gasteiger partial charge in [-0.05, 0) is 13.0 Å². The molecule has 13 heavy (non-hydrogen) atoms. The summed E-state index contributed by atoms with van der Waals surface area (Å²) in [6.45, 7) is 1.39. The molecule has 0 N–H and O–H groups in total. The largest absolute Gasteiger partial charge is 0.481 e. The Bertz CT molecular complexity index is 325. The zero-order chi connectivity index (χ0) is 9.84. The molecule has 0 aliphatic rings. The van der Waals surface area contributed by atoms with Gasteiger partial charge in [0.05, 0.1) is 19.2 Å². The monoisotopic (exact) mass is 183 g/mol. The minimum Gasteiger partial charge on any atom is -0.481 e. The molecule has 0 saturated heterocycles. The molecule has 1 heterocycles. The van der Waals surface area contributed by atoms with Gasteiger partial charge in [0.25, 0.3) is 0 Å². The van der Waals surface area contributed by atoms with E-state index < -0.39 is 5.82 Å². The first-order valence-corrected chi connectivity index (χ1v) is 3.82. The number of methoxy groups -OCH3 is 1. The zero-order valence-electron chi connectivity index (χ0n) is 7.50. The van der Waals surface area contributed by atoms with E-state index in [1.165, 1.54) is 26.2 Å². The van der Waals surface area contributed by atoms with E-state index in [0.717, 1.165) is 0 Å². The van der Waals surface area contributed by atoms with Crippen molar-refractivity contribution in [1.82, 2.24) is 4.98 Å². The average Bonchev–Trinajstić information content (AvgIpc) is 2.08. The first-order chi connectivity index (χ1) is 6.13. The second kappa shape index (κ2) is 3.98. The highest BCUT2D eigenvalue weighted by molar-refractivity contribution is 5.77. The van der Waals surface area contributed by atoms with Crippen molar-refractivity contribution in [2.24, 2.45) is 0 Å². The Morgan fingerprint density at radius 3 is 2.85 bits per heavy atom. The lowest BCUT2D eigenvalue weighted by atomic mass is 10.2. The van der Waals surface area contributed by atoms with Gasteiger partial charge in [0, 0.05) is 6.07 Å². The second-order valence-electron chi connectivity index (χ2n) is 2.66. The van der Waals surface area contributed by atoms with Crippen LogP contribution in [0.5, 0.6) is 5.88 Å². The molecule has 4 heteroatoms. The number of nitrogens with zero attached hydrogens (tertiary/aromatic N) is 1. The molecule has 0 aliphatic heterocycles. The molecule has 1 rings (SSSR count). The fourth-order valence-corrected chi connectivity index (χ4v) is 0.938. The van der Waals surface area contributed by atoms with Crippen LogP contribution in [-0.2, 0) is 11.2 Å². The number of carbonyl (C=O) groups is 1. The molecule has 1 aromatic rings. The van der Waals surface area contributed by atoms with Crippen LogP contribution in [0.2, 0.25) is 0 Å². The van der Waals surface area contributed by atoms with Crippen LogP contribution in [0.3, 0.4) is 0 Å². The fourth-order valence-electron chi connectivity index (χ4n) is 0.938. The summed E-state index contributed by atoms with van der Waals surface area (Å²) in [5.74, 6) is -0.284. The van der Waals surface area contributed by atoms with E-state index in [1.807, 2.05) is 0 Å². The van der Waals surface area contributed by atoms with Crippen molar-refractivity contribution in [2.75, 3.05) is 7.11 Å². The summed E-state index contributed by atoms with van der Waals surface area (Å²) in [4.78, 5) is 14.5. The van der Waals surface area contributed by atoms with E-state index >= 15 is 0 Å². The Kier molecular flexibility index (Phi) is 2.95. The van der Waals surface area contributed by atoms with Crippen molar-refractivity contribution in [3.63, 3.8) is 0 Å². The minimum atomic E-state index is -0.476. The summed E-state index contributed by atoms with van der Waals surface area (Å²) in [5, 5.41) is 0. The van der Waals surface area contributed by atoms with Gasteiger partial charge >= 0.3 is 0 Å². The Balaban J connectivity index is 2.96. The summed E-state index contributed by atoms with van der Waals surface area (Å²) in [7, 11) is 1.44. The summed E-state index contributed by atoms with van der Waals surface area (Å²) >= 11 is 0. The number of carbonyl (C=O) groups excluding carboxylic acids is 1. The third-order valence-electron chi connectivity index (χ3n) is 1.52. The predicted octanol–water partition coefficient (Wildman–Crippen LogP) is 1.36. The molecule has 0 unspecified atom stereocenters. The number of rotatable bonds is 3. The van der Waals surface area contributed by atoms with Gasteiger partial charge in [-0.2, -0.15) is 0 Å². The molecule has 0 saturated carbocycles. The normalized spacial score (nSPS) is 9.77.